The van der Waals surface area contributed by atoms with Gasteiger partial charge in [-0.1, -0.05) is 20.8 Å². The Morgan fingerprint density at radius 1 is 0.833 bits per heavy atom. The largest absolute Gasteiger partial charge is 0.455 e. The minimum absolute atomic E-state index is 0.189. The minimum atomic E-state index is -1.06. The molecule has 0 amide bonds. The van der Waals surface area contributed by atoms with Gasteiger partial charge in [-0.05, 0) is 44.9 Å². The number of carbonyl (C=O) groups is 3. The first kappa shape index (κ1) is 31.9. The van der Waals surface area contributed by atoms with Crippen LogP contribution in [0.3, 0.4) is 0 Å². The van der Waals surface area contributed by atoms with Gasteiger partial charge in [0.25, 0.3) is 0 Å². The lowest BCUT2D eigenvalue weighted by atomic mass is 9.98. The van der Waals surface area contributed by atoms with E-state index in [2.05, 4.69) is 20.0 Å². The Bertz CT molecular complexity index is 732. The zero-order valence-electron chi connectivity index (χ0n) is 23.0. The smallest absolute Gasteiger partial charge is 0.306 e. The fraction of sp³-hybridized carbons (Fsp3) is 0.815. The zero-order chi connectivity index (χ0) is 27.1. The van der Waals surface area contributed by atoms with E-state index in [4.69, 9.17) is 30.1 Å². The van der Waals surface area contributed by atoms with Gasteiger partial charge in [0.1, 0.15) is 6.54 Å². The maximum atomic E-state index is 12.5. The van der Waals surface area contributed by atoms with Gasteiger partial charge in [-0.15, -0.1) is 6.42 Å². The number of hydrogen-bond donors (Lipinski definition) is 0. The van der Waals surface area contributed by atoms with Crippen LogP contribution in [0.5, 0.6) is 0 Å². The van der Waals surface area contributed by atoms with Crippen LogP contribution in [-0.2, 0) is 38.1 Å². The Kier molecular flexibility index (Phi) is 14.7. The SMILES string of the molecule is C#CC[N+](C)(C)CCCCO[C@@H]1O[C@@H](C)[C@H](OC(=O)CCC)[C@@H](OC(=O)CCC)[C@H]1OC(=O)CCC. The van der Waals surface area contributed by atoms with Crippen molar-refractivity contribution in [1.82, 2.24) is 0 Å². The summed E-state index contributed by atoms with van der Waals surface area (Å²) in [6, 6.07) is 0. The molecule has 1 saturated heterocycles. The fourth-order valence-electron chi connectivity index (χ4n) is 3.94. The Balaban J connectivity index is 3.04. The second-order valence-electron chi connectivity index (χ2n) is 9.92. The van der Waals surface area contributed by atoms with Crippen LogP contribution in [0.4, 0.5) is 0 Å². The number of quaternary nitrogens is 1. The monoisotopic (exact) mass is 512 g/mol. The van der Waals surface area contributed by atoms with Crippen LogP contribution in [0.2, 0.25) is 0 Å². The van der Waals surface area contributed by atoms with Crippen LogP contribution >= 0.6 is 0 Å². The molecule has 0 aliphatic carbocycles. The third-order valence-electron chi connectivity index (χ3n) is 5.85. The Hall–Kier alpha value is -2.15. The molecule has 0 aromatic rings. The van der Waals surface area contributed by atoms with Gasteiger partial charge in [0, 0.05) is 19.3 Å². The molecule has 36 heavy (non-hydrogen) atoms. The second kappa shape index (κ2) is 16.6. The van der Waals surface area contributed by atoms with Crippen molar-refractivity contribution in [3.63, 3.8) is 0 Å². The molecule has 1 aliphatic heterocycles. The Morgan fingerprint density at radius 3 is 1.83 bits per heavy atom. The van der Waals surface area contributed by atoms with E-state index in [1.807, 2.05) is 20.8 Å². The van der Waals surface area contributed by atoms with E-state index < -0.39 is 48.6 Å². The lowest BCUT2D eigenvalue weighted by molar-refractivity contribution is -0.883. The Morgan fingerprint density at radius 2 is 1.33 bits per heavy atom. The average molecular weight is 513 g/mol. The van der Waals surface area contributed by atoms with Crippen molar-refractivity contribution in [2.45, 2.75) is 110 Å². The number of unbranched alkanes of at least 4 members (excludes halogenated alkanes) is 1. The summed E-state index contributed by atoms with van der Waals surface area (Å²) in [5.74, 6) is 1.34. The summed E-state index contributed by atoms with van der Waals surface area (Å²) in [5.41, 5.74) is 0. The third kappa shape index (κ3) is 11.3. The van der Waals surface area contributed by atoms with E-state index in [0.29, 0.717) is 36.9 Å². The number of nitrogens with zero attached hydrogens (tertiary/aromatic N) is 1. The van der Waals surface area contributed by atoms with Crippen LogP contribution in [0, 0.1) is 12.3 Å². The highest BCUT2D eigenvalue weighted by molar-refractivity contribution is 5.71. The molecule has 0 N–H and O–H groups in total. The highest BCUT2D eigenvalue weighted by Crippen LogP contribution is 2.30. The molecule has 0 spiro atoms. The predicted octanol–water partition coefficient (Wildman–Crippen LogP) is 3.37. The summed E-state index contributed by atoms with van der Waals surface area (Å²) in [6.45, 7) is 9.20. The minimum Gasteiger partial charge on any atom is -0.455 e. The molecule has 0 aromatic heterocycles. The van der Waals surface area contributed by atoms with E-state index in [1.165, 1.54) is 0 Å². The van der Waals surface area contributed by atoms with Crippen LogP contribution in [0.1, 0.15) is 79.1 Å². The second-order valence-corrected chi connectivity index (χ2v) is 9.92. The van der Waals surface area contributed by atoms with Crippen molar-refractivity contribution in [2.24, 2.45) is 0 Å². The molecule has 0 saturated carbocycles. The maximum Gasteiger partial charge on any atom is 0.306 e. The van der Waals surface area contributed by atoms with Gasteiger partial charge in [-0.3, -0.25) is 14.4 Å². The van der Waals surface area contributed by atoms with Gasteiger partial charge in [-0.25, -0.2) is 0 Å². The van der Waals surface area contributed by atoms with Crippen molar-refractivity contribution < 1.29 is 42.6 Å². The number of rotatable bonds is 16. The van der Waals surface area contributed by atoms with Gasteiger partial charge in [0.05, 0.1) is 33.4 Å². The summed E-state index contributed by atoms with van der Waals surface area (Å²) in [6.07, 6.45) is 4.83. The first-order valence-corrected chi connectivity index (χ1v) is 13.2. The molecule has 9 heteroatoms. The van der Waals surface area contributed by atoms with Crippen molar-refractivity contribution in [2.75, 3.05) is 33.8 Å². The molecule has 206 valence electrons. The number of esters is 3. The third-order valence-corrected chi connectivity index (χ3v) is 5.85. The van der Waals surface area contributed by atoms with E-state index in [-0.39, 0.29) is 19.3 Å². The van der Waals surface area contributed by atoms with Crippen LogP contribution in [0.25, 0.3) is 0 Å². The molecule has 5 atom stereocenters. The molecule has 1 heterocycles. The number of carbonyl (C=O) groups excluding carboxylic acids is 3. The summed E-state index contributed by atoms with van der Waals surface area (Å²) < 4.78 is 29.9. The first-order valence-electron chi connectivity index (χ1n) is 13.2. The highest BCUT2D eigenvalue weighted by atomic mass is 16.7. The lowest BCUT2D eigenvalue weighted by Crippen LogP contribution is -2.61. The van der Waals surface area contributed by atoms with Crippen molar-refractivity contribution in [1.29, 1.82) is 0 Å². The summed E-state index contributed by atoms with van der Waals surface area (Å²) in [5, 5.41) is 0. The van der Waals surface area contributed by atoms with Crippen LogP contribution in [-0.4, -0.2) is 86.9 Å². The van der Waals surface area contributed by atoms with E-state index in [0.717, 1.165) is 19.4 Å². The predicted molar refractivity (Wildman–Crippen MR) is 135 cm³/mol. The molecule has 0 radical (unpaired) electrons. The van der Waals surface area contributed by atoms with Crippen LogP contribution in [0.15, 0.2) is 0 Å². The summed E-state index contributed by atoms with van der Waals surface area (Å²) in [4.78, 5) is 37.3. The van der Waals surface area contributed by atoms with Gasteiger partial charge in [-0.2, -0.15) is 0 Å². The molecule has 0 unspecified atom stereocenters. The quantitative estimate of drug-likeness (QED) is 0.102. The van der Waals surface area contributed by atoms with Crippen molar-refractivity contribution in [3.8, 4) is 12.3 Å². The standard InChI is InChI=1S/C27H46NO8/c1-8-14-21(29)34-24-20(5)33-27(32-19-13-12-18-28(6,7)17-11-4)26(36-23(31)16-10-3)25(24)35-22(30)15-9-2/h4,20,24-27H,8-10,12-19H2,1-3,5-7H3/q+1/t20-,24-,25+,26+,27+/m0/s1. The van der Waals surface area contributed by atoms with E-state index in [9.17, 15) is 14.4 Å². The average Bonchev–Trinajstić information content (AvgIpc) is 2.78. The van der Waals surface area contributed by atoms with Crippen LogP contribution < -0.4 is 0 Å². The molecule has 1 aliphatic rings. The number of ether oxygens (including phenoxy) is 5. The van der Waals surface area contributed by atoms with Crippen molar-refractivity contribution >= 4 is 17.9 Å². The van der Waals surface area contributed by atoms with E-state index >= 15 is 0 Å². The van der Waals surface area contributed by atoms with Crippen molar-refractivity contribution in [3.05, 3.63) is 0 Å². The molecule has 9 nitrogen and oxygen atoms in total. The maximum absolute atomic E-state index is 12.5. The normalized spacial score (nSPS) is 24.0. The topological polar surface area (TPSA) is 97.4 Å². The lowest BCUT2D eigenvalue weighted by Gasteiger charge is -2.43. The summed E-state index contributed by atoms with van der Waals surface area (Å²) in [7, 11) is 4.15. The number of hydrogen-bond acceptors (Lipinski definition) is 8. The van der Waals surface area contributed by atoms with Gasteiger partial charge in [0.2, 0.25) is 0 Å². The highest BCUT2D eigenvalue weighted by Gasteiger charge is 2.51. The number of terminal acetylenes is 1. The molecular weight excluding hydrogens is 466 g/mol. The summed E-state index contributed by atoms with van der Waals surface area (Å²) >= 11 is 0. The van der Waals surface area contributed by atoms with Gasteiger partial charge >= 0.3 is 17.9 Å². The fourth-order valence-corrected chi connectivity index (χ4v) is 3.94. The molecule has 1 rings (SSSR count). The Labute approximate surface area is 216 Å². The molecule has 0 bridgehead atoms. The van der Waals surface area contributed by atoms with Gasteiger partial charge < -0.3 is 28.2 Å². The van der Waals surface area contributed by atoms with E-state index in [1.54, 1.807) is 6.92 Å². The van der Waals surface area contributed by atoms with Gasteiger partial charge in [0.15, 0.2) is 24.6 Å². The molecule has 1 fully saturated rings. The molecular formula is C27H46NO8+. The zero-order valence-corrected chi connectivity index (χ0v) is 23.0. The molecule has 0 aromatic carbocycles. The first-order chi connectivity index (χ1) is 17.1.